The molecule has 1 aromatic carbocycles. The molecule has 0 saturated carbocycles. The summed E-state index contributed by atoms with van der Waals surface area (Å²) in [5.74, 6) is 1.56. The Morgan fingerprint density at radius 2 is 2.29 bits per heavy atom. The molecule has 0 aromatic heterocycles. The number of carbonyl (C=O) groups excluding carboxylic acids is 1. The van der Waals surface area contributed by atoms with Gasteiger partial charge in [-0.3, -0.25) is 4.79 Å². The maximum Gasteiger partial charge on any atom is 0.224 e. The zero-order chi connectivity index (χ0) is 17.4. The second kappa shape index (κ2) is 9.87. The van der Waals surface area contributed by atoms with Crippen molar-refractivity contribution in [3.8, 4) is 5.75 Å². The first-order valence-corrected chi connectivity index (χ1v) is 8.89. The van der Waals surface area contributed by atoms with Crippen LogP contribution in [0.4, 0.5) is 5.69 Å². The number of ether oxygens (including phenoxy) is 2. The molecule has 0 radical (unpaired) electrons. The predicted octanol–water partition coefficient (Wildman–Crippen LogP) is 3.33. The highest BCUT2D eigenvalue weighted by Gasteiger charge is 2.22. The first-order chi connectivity index (χ1) is 11.6. The fourth-order valence-corrected chi connectivity index (χ4v) is 3.20. The van der Waals surface area contributed by atoms with Crippen molar-refractivity contribution in [1.29, 1.82) is 0 Å². The highest BCUT2D eigenvalue weighted by molar-refractivity contribution is 6.32. The molecular formula is C18H27ClN2O3. The minimum absolute atomic E-state index is 0.0252. The maximum absolute atomic E-state index is 12.3. The zero-order valence-electron chi connectivity index (χ0n) is 14.4. The normalized spacial score (nSPS) is 18.9. The smallest absolute Gasteiger partial charge is 0.224 e. The molecule has 6 heteroatoms. The second-order valence-electron chi connectivity index (χ2n) is 6.32. The molecule has 2 unspecified atom stereocenters. The van der Waals surface area contributed by atoms with Gasteiger partial charge < -0.3 is 20.1 Å². The van der Waals surface area contributed by atoms with Crippen LogP contribution in [0, 0.1) is 11.8 Å². The quantitative estimate of drug-likeness (QED) is 0.703. The van der Waals surface area contributed by atoms with Crippen molar-refractivity contribution >= 4 is 23.2 Å². The molecule has 0 spiro atoms. The number of hydrogen-bond donors (Lipinski definition) is 2. The van der Waals surface area contributed by atoms with Gasteiger partial charge in [0.05, 0.1) is 11.6 Å². The van der Waals surface area contributed by atoms with Gasteiger partial charge >= 0.3 is 0 Å². The number of carbonyl (C=O) groups is 1. The van der Waals surface area contributed by atoms with Crippen molar-refractivity contribution < 1.29 is 14.3 Å². The van der Waals surface area contributed by atoms with E-state index in [1.165, 1.54) is 12.8 Å². The monoisotopic (exact) mass is 354 g/mol. The van der Waals surface area contributed by atoms with Crippen molar-refractivity contribution in [2.45, 2.75) is 26.2 Å². The number of benzene rings is 1. The third-order valence-electron chi connectivity index (χ3n) is 4.41. The van der Waals surface area contributed by atoms with Gasteiger partial charge in [-0.25, -0.2) is 0 Å². The lowest BCUT2D eigenvalue weighted by Crippen LogP contribution is -2.34. The molecule has 2 rings (SSSR count). The molecule has 1 aliphatic heterocycles. The van der Waals surface area contributed by atoms with Gasteiger partial charge in [0, 0.05) is 19.2 Å². The van der Waals surface area contributed by atoms with Gasteiger partial charge in [0.15, 0.2) is 0 Å². The van der Waals surface area contributed by atoms with E-state index in [2.05, 4.69) is 17.6 Å². The largest absolute Gasteiger partial charge is 0.490 e. The first-order valence-electron chi connectivity index (χ1n) is 8.52. The van der Waals surface area contributed by atoms with Gasteiger partial charge in [0.1, 0.15) is 12.4 Å². The van der Waals surface area contributed by atoms with Crippen molar-refractivity contribution in [3.63, 3.8) is 0 Å². The van der Waals surface area contributed by atoms with Crippen LogP contribution in [0.15, 0.2) is 18.2 Å². The zero-order valence-corrected chi connectivity index (χ0v) is 15.2. The Kier molecular flexibility index (Phi) is 7.82. The van der Waals surface area contributed by atoms with Crippen LogP contribution in [-0.2, 0) is 9.53 Å². The Morgan fingerprint density at radius 3 is 2.96 bits per heavy atom. The average Bonchev–Trinajstić information content (AvgIpc) is 2.57. The topological polar surface area (TPSA) is 59.6 Å². The Hall–Kier alpha value is -1.30. The summed E-state index contributed by atoms with van der Waals surface area (Å²) in [7, 11) is 1.62. The van der Waals surface area contributed by atoms with Gasteiger partial charge in [0.25, 0.3) is 0 Å². The second-order valence-corrected chi connectivity index (χ2v) is 6.73. The third kappa shape index (κ3) is 5.96. The molecule has 24 heavy (non-hydrogen) atoms. The number of halogens is 1. The van der Waals surface area contributed by atoms with E-state index in [1.54, 1.807) is 25.3 Å². The molecule has 0 bridgehead atoms. The van der Waals surface area contributed by atoms with Crippen LogP contribution in [0.2, 0.25) is 5.02 Å². The molecule has 1 saturated heterocycles. The van der Waals surface area contributed by atoms with E-state index in [0.29, 0.717) is 47.9 Å². The summed E-state index contributed by atoms with van der Waals surface area (Å²) in [6.07, 6.45) is 2.91. The summed E-state index contributed by atoms with van der Waals surface area (Å²) in [6.45, 7) is 5.19. The lowest BCUT2D eigenvalue weighted by atomic mass is 9.85. The Balaban J connectivity index is 1.83. The fourth-order valence-electron chi connectivity index (χ4n) is 2.97. The Bertz CT molecular complexity index is 533. The first kappa shape index (κ1) is 19.0. The van der Waals surface area contributed by atoms with Crippen molar-refractivity contribution in [1.82, 2.24) is 5.32 Å². The molecule has 1 aromatic rings. The van der Waals surface area contributed by atoms with Crippen molar-refractivity contribution in [2.75, 3.05) is 38.7 Å². The van der Waals surface area contributed by atoms with E-state index in [9.17, 15) is 4.79 Å². The molecule has 1 heterocycles. The summed E-state index contributed by atoms with van der Waals surface area (Å²) >= 11 is 6.19. The molecule has 2 atom stereocenters. The van der Waals surface area contributed by atoms with Crippen molar-refractivity contribution in [3.05, 3.63) is 23.2 Å². The van der Waals surface area contributed by atoms with Crippen LogP contribution in [0.5, 0.6) is 5.75 Å². The summed E-state index contributed by atoms with van der Waals surface area (Å²) in [5.41, 5.74) is 0.693. The van der Waals surface area contributed by atoms with Crippen LogP contribution >= 0.6 is 11.6 Å². The van der Waals surface area contributed by atoms with E-state index in [0.717, 1.165) is 13.1 Å². The van der Waals surface area contributed by atoms with E-state index in [-0.39, 0.29) is 5.91 Å². The lowest BCUT2D eigenvalue weighted by molar-refractivity contribution is -0.117. The van der Waals surface area contributed by atoms with Gasteiger partial charge in [-0.2, -0.15) is 0 Å². The molecule has 1 amide bonds. The molecule has 1 aliphatic rings. The van der Waals surface area contributed by atoms with Gasteiger partial charge in [-0.05, 0) is 56.0 Å². The van der Waals surface area contributed by atoms with E-state index >= 15 is 0 Å². The molecule has 0 aliphatic carbocycles. The van der Waals surface area contributed by atoms with Crippen LogP contribution in [0.3, 0.4) is 0 Å². The summed E-state index contributed by atoms with van der Waals surface area (Å²) in [4.78, 5) is 12.3. The summed E-state index contributed by atoms with van der Waals surface area (Å²) < 4.78 is 10.4. The minimum Gasteiger partial charge on any atom is -0.490 e. The van der Waals surface area contributed by atoms with Crippen molar-refractivity contribution in [2.24, 2.45) is 11.8 Å². The SMILES string of the molecule is COCCOc1ccc(NC(=O)CC(C)C2CCCNC2)cc1Cl. The number of piperidine rings is 1. The number of hydrogen-bond acceptors (Lipinski definition) is 4. The van der Waals surface area contributed by atoms with E-state index in [4.69, 9.17) is 21.1 Å². The Labute approximate surface area is 149 Å². The number of nitrogens with one attached hydrogen (secondary N) is 2. The molecule has 1 fully saturated rings. The minimum atomic E-state index is 0.0252. The number of rotatable bonds is 8. The standard InChI is InChI=1S/C18H27ClN2O3/c1-13(14-4-3-7-20-12-14)10-18(22)21-15-5-6-17(16(19)11-15)24-9-8-23-2/h5-6,11,13-14,20H,3-4,7-10,12H2,1-2H3,(H,21,22). The Morgan fingerprint density at radius 1 is 1.46 bits per heavy atom. The molecule has 134 valence electrons. The van der Waals surface area contributed by atoms with Crippen LogP contribution in [-0.4, -0.2) is 39.3 Å². The lowest BCUT2D eigenvalue weighted by Gasteiger charge is -2.28. The summed E-state index contributed by atoms with van der Waals surface area (Å²) in [5, 5.41) is 6.80. The highest BCUT2D eigenvalue weighted by atomic mass is 35.5. The fraction of sp³-hybridized carbons (Fsp3) is 0.611. The van der Waals surface area contributed by atoms with Gasteiger partial charge in [-0.1, -0.05) is 18.5 Å². The summed E-state index contributed by atoms with van der Waals surface area (Å²) in [6, 6.07) is 5.29. The van der Waals surface area contributed by atoms with Crippen LogP contribution in [0.1, 0.15) is 26.2 Å². The van der Waals surface area contributed by atoms with Gasteiger partial charge in [0.2, 0.25) is 5.91 Å². The molecule has 2 N–H and O–H groups in total. The predicted molar refractivity (Wildman–Crippen MR) is 96.8 cm³/mol. The number of anilines is 1. The van der Waals surface area contributed by atoms with Crippen LogP contribution in [0.25, 0.3) is 0 Å². The van der Waals surface area contributed by atoms with Gasteiger partial charge in [-0.15, -0.1) is 0 Å². The number of methoxy groups -OCH3 is 1. The molecular weight excluding hydrogens is 328 g/mol. The van der Waals surface area contributed by atoms with Crippen LogP contribution < -0.4 is 15.4 Å². The average molecular weight is 355 g/mol. The maximum atomic E-state index is 12.3. The van der Waals surface area contributed by atoms with E-state index < -0.39 is 0 Å². The van der Waals surface area contributed by atoms with E-state index in [1.807, 2.05) is 0 Å². The third-order valence-corrected chi connectivity index (χ3v) is 4.70. The highest BCUT2D eigenvalue weighted by Crippen LogP contribution is 2.28. The number of amides is 1. The molecule has 5 nitrogen and oxygen atoms in total.